The maximum atomic E-state index is 5.82. The van der Waals surface area contributed by atoms with Crippen molar-refractivity contribution in [1.82, 2.24) is 0 Å². The lowest BCUT2D eigenvalue weighted by molar-refractivity contribution is -0.153. The van der Waals surface area contributed by atoms with Crippen molar-refractivity contribution in [3.05, 3.63) is 12.2 Å². The van der Waals surface area contributed by atoms with E-state index < -0.39 is 5.79 Å². The van der Waals surface area contributed by atoms with Crippen molar-refractivity contribution < 1.29 is 14.2 Å². The van der Waals surface area contributed by atoms with E-state index in [9.17, 15) is 0 Å². The van der Waals surface area contributed by atoms with E-state index in [2.05, 4.69) is 13.5 Å². The average molecular weight is 212 g/mol. The molecule has 2 rings (SSSR count). The quantitative estimate of drug-likeness (QED) is 0.656. The molecule has 86 valence electrons. The van der Waals surface area contributed by atoms with Crippen molar-refractivity contribution in [1.29, 1.82) is 0 Å². The monoisotopic (exact) mass is 212 g/mol. The summed E-state index contributed by atoms with van der Waals surface area (Å²) in [6.45, 7) is 11.4. The molecule has 2 heterocycles. The number of rotatable bonds is 2. The molecule has 0 aromatic carbocycles. The Morgan fingerprint density at radius 2 is 2.13 bits per heavy atom. The molecule has 0 aliphatic carbocycles. The summed E-state index contributed by atoms with van der Waals surface area (Å²) >= 11 is 0. The lowest BCUT2D eigenvalue weighted by Gasteiger charge is -2.25. The lowest BCUT2D eigenvalue weighted by Crippen LogP contribution is -2.35. The summed E-state index contributed by atoms with van der Waals surface area (Å²) in [5, 5.41) is 0. The van der Waals surface area contributed by atoms with E-state index in [0.29, 0.717) is 12.5 Å². The topological polar surface area (TPSA) is 27.7 Å². The second kappa shape index (κ2) is 3.89. The molecule has 2 fully saturated rings. The Balaban J connectivity index is 2.02. The van der Waals surface area contributed by atoms with Crippen LogP contribution in [0.2, 0.25) is 0 Å². The lowest BCUT2D eigenvalue weighted by atomic mass is 9.91. The van der Waals surface area contributed by atoms with Crippen LogP contribution in [0, 0.1) is 5.92 Å². The minimum atomic E-state index is -0.462. The van der Waals surface area contributed by atoms with Gasteiger partial charge in [-0.25, -0.2) is 0 Å². The molecule has 3 nitrogen and oxygen atoms in total. The van der Waals surface area contributed by atoms with Crippen LogP contribution < -0.4 is 0 Å². The van der Waals surface area contributed by atoms with Crippen molar-refractivity contribution in [3.63, 3.8) is 0 Å². The Morgan fingerprint density at radius 3 is 2.67 bits per heavy atom. The summed E-state index contributed by atoms with van der Waals surface area (Å²) < 4.78 is 17.1. The highest BCUT2D eigenvalue weighted by Gasteiger charge is 2.43. The highest BCUT2D eigenvalue weighted by molar-refractivity contribution is 5.04. The molecule has 2 aliphatic rings. The molecule has 2 saturated heterocycles. The largest absolute Gasteiger partial charge is 0.375 e. The predicted molar refractivity (Wildman–Crippen MR) is 57.6 cm³/mol. The normalized spacial score (nSPS) is 39.5. The van der Waals surface area contributed by atoms with E-state index >= 15 is 0 Å². The van der Waals surface area contributed by atoms with Gasteiger partial charge in [-0.2, -0.15) is 0 Å². The fourth-order valence-corrected chi connectivity index (χ4v) is 2.38. The number of hydrogen-bond acceptors (Lipinski definition) is 3. The van der Waals surface area contributed by atoms with Crippen molar-refractivity contribution in [3.8, 4) is 0 Å². The summed E-state index contributed by atoms with van der Waals surface area (Å²) in [4.78, 5) is 0. The van der Waals surface area contributed by atoms with Gasteiger partial charge >= 0.3 is 0 Å². The smallest absolute Gasteiger partial charge is 0.163 e. The minimum Gasteiger partial charge on any atom is -0.375 e. The van der Waals surface area contributed by atoms with E-state index in [0.717, 1.165) is 13.0 Å². The van der Waals surface area contributed by atoms with E-state index in [-0.39, 0.29) is 12.2 Å². The third kappa shape index (κ3) is 2.25. The maximum absolute atomic E-state index is 5.82. The molecule has 2 unspecified atom stereocenters. The summed E-state index contributed by atoms with van der Waals surface area (Å²) in [6.07, 6.45) is 1.24. The first kappa shape index (κ1) is 11.1. The standard InChI is InChI=1S/C12H20O3/c1-8(2)9-5-6-13-11(9)10-7-14-12(3,4)15-10/h9-11H,1,5-7H2,2-4H3/t9-,10?,11?/m0/s1. The number of hydrogen-bond donors (Lipinski definition) is 0. The van der Waals surface area contributed by atoms with Crippen molar-refractivity contribution in [2.75, 3.05) is 13.2 Å². The molecule has 0 spiro atoms. The Labute approximate surface area is 91.4 Å². The molecule has 0 amide bonds. The molecule has 15 heavy (non-hydrogen) atoms. The Hall–Kier alpha value is -0.380. The first-order chi connectivity index (χ1) is 6.99. The highest BCUT2D eigenvalue weighted by atomic mass is 16.7. The van der Waals surface area contributed by atoms with Crippen molar-refractivity contribution in [2.45, 2.75) is 45.2 Å². The molecule has 0 saturated carbocycles. The van der Waals surface area contributed by atoms with Gasteiger partial charge in [-0.1, -0.05) is 12.2 Å². The van der Waals surface area contributed by atoms with Crippen LogP contribution in [-0.2, 0) is 14.2 Å². The third-order valence-corrected chi connectivity index (χ3v) is 3.17. The fraction of sp³-hybridized carbons (Fsp3) is 0.833. The van der Waals surface area contributed by atoms with Gasteiger partial charge < -0.3 is 14.2 Å². The Morgan fingerprint density at radius 1 is 1.40 bits per heavy atom. The van der Waals surface area contributed by atoms with Gasteiger partial charge in [-0.05, 0) is 27.2 Å². The molecular formula is C12H20O3. The van der Waals surface area contributed by atoms with Gasteiger partial charge in [0.2, 0.25) is 0 Å². The van der Waals surface area contributed by atoms with E-state index in [1.54, 1.807) is 0 Å². The van der Waals surface area contributed by atoms with Crippen LogP contribution in [0.25, 0.3) is 0 Å². The van der Waals surface area contributed by atoms with Gasteiger partial charge in [0.1, 0.15) is 6.10 Å². The fourth-order valence-electron chi connectivity index (χ4n) is 2.38. The average Bonchev–Trinajstić information content (AvgIpc) is 2.69. The van der Waals surface area contributed by atoms with E-state index in [1.807, 2.05) is 13.8 Å². The zero-order chi connectivity index (χ0) is 11.1. The Bertz CT molecular complexity index is 260. The molecule has 2 aliphatic heterocycles. The molecule has 3 heteroatoms. The zero-order valence-electron chi connectivity index (χ0n) is 9.79. The summed E-state index contributed by atoms with van der Waals surface area (Å²) in [6, 6.07) is 0. The molecule has 3 atom stereocenters. The minimum absolute atomic E-state index is 0.0594. The zero-order valence-corrected chi connectivity index (χ0v) is 9.79. The molecular weight excluding hydrogens is 192 g/mol. The van der Waals surface area contributed by atoms with Crippen LogP contribution in [0.5, 0.6) is 0 Å². The SMILES string of the molecule is C=C(C)[C@@H]1CCOC1C1COC(C)(C)O1. The van der Waals surface area contributed by atoms with Crippen LogP contribution in [0.1, 0.15) is 27.2 Å². The van der Waals surface area contributed by atoms with Gasteiger partial charge in [0.15, 0.2) is 5.79 Å². The molecule has 0 bridgehead atoms. The van der Waals surface area contributed by atoms with Crippen molar-refractivity contribution in [2.24, 2.45) is 5.92 Å². The van der Waals surface area contributed by atoms with Crippen LogP contribution in [0.15, 0.2) is 12.2 Å². The van der Waals surface area contributed by atoms with Crippen molar-refractivity contribution >= 4 is 0 Å². The van der Waals surface area contributed by atoms with E-state index in [4.69, 9.17) is 14.2 Å². The second-order valence-corrected chi connectivity index (χ2v) is 4.94. The second-order valence-electron chi connectivity index (χ2n) is 4.94. The van der Waals surface area contributed by atoms with Crippen LogP contribution in [0.3, 0.4) is 0 Å². The van der Waals surface area contributed by atoms with Gasteiger partial charge in [-0.3, -0.25) is 0 Å². The molecule has 0 radical (unpaired) electrons. The first-order valence-electron chi connectivity index (χ1n) is 5.58. The van der Waals surface area contributed by atoms with Gasteiger partial charge in [-0.15, -0.1) is 0 Å². The maximum Gasteiger partial charge on any atom is 0.163 e. The molecule has 0 N–H and O–H groups in total. The molecule has 0 aromatic heterocycles. The molecule has 0 aromatic rings. The highest BCUT2D eigenvalue weighted by Crippen LogP contribution is 2.35. The summed E-state index contributed by atoms with van der Waals surface area (Å²) in [5.74, 6) is -0.0385. The first-order valence-corrected chi connectivity index (χ1v) is 5.58. The van der Waals surface area contributed by atoms with Crippen LogP contribution in [-0.4, -0.2) is 31.2 Å². The third-order valence-electron chi connectivity index (χ3n) is 3.17. The van der Waals surface area contributed by atoms with Gasteiger partial charge in [0.25, 0.3) is 0 Å². The van der Waals surface area contributed by atoms with Gasteiger partial charge in [0, 0.05) is 12.5 Å². The number of ether oxygens (including phenoxy) is 3. The predicted octanol–water partition coefficient (Wildman–Crippen LogP) is 2.12. The van der Waals surface area contributed by atoms with Crippen LogP contribution in [0.4, 0.5) is 0 Å². The van der Waals surface area contributed by atoms with Gasteiger partial charge in [0.05, 0.1) is 12.7 Å². The Kier molecular flexibility index (Phi) is 2.88. The summed E-state index contributed by atoms with van der Waals surface area (Å²) in [5.41, 5.74) is 1.19. The van der Waals surface area contributed by atoms with Crippen LogP contribution >= 0.6 is 0 Å². The summed E-state index contributed by atoms with van der Waals surface area (Å²) in [7, 11) is 0. The van der Waals surface area contributed by atoms with E-state index in [1.165, 1.54) is 5.57 Å².